The van der Waals surface area contributed by atoms with Gasteiger partial charge in [0, 0.05) is 11.1 Å². The van der Waals surface area contributed by atoms with Crippen LogP contribution in [0.3, 0.4) is 0 Å². The first-order valence-electron chi connectivity index (χ1n) is 5.60. The monoisotopic (exact) mass is 291 g/mol. The molecule has 1 aromatic carbocycles. The van der Waals surface area contributed by atoms with E-state index in [1.807, 2.05) is 28.8 Å². The number of aromatic amines is 1. The first-order chi connectivity index (χ1) is 9.19. The molecule has 0 aliphatic rings. The zero-order valence-electron chi connectivity index (χ0n) is 10.1. The highest BCUT2D eigenvalue weighted by Crippen LogP contribution is 2.23. The van der Waals surface area contributed by atoms with Gasteiger partial charge < -0.3 is 9.72 Å². The molecular formula is C13H10ClN3OS. The third-order valence-corrected chi connectivity index (χ3v) is 3.35. The van der Waals surface area contributed by atoms with Gasteiger partial charge in [-0.15, -0.1) is 0 Å². The van der Waals surface area contributed by atoms with Crippen molar-refractivity contribution in [3.63, 3.8) is 0 Å². The number of fused-ring (bicyclic) bond motifs is 1. The Morgan fingerprint density at radius 3 is 2.84 bits per heavy atom. The van der Waals surface area contributed by atoms with Gasteiger partial charge in [-0.2, -0.15) is 0 Å². The molecule has 3 rings (SSSR count). The fraction of sp³-hybridized carbons (Fsp3) is 0.0769. The first-order valence-corrected chi connectivity index (χ1v) is 6.38. The van der Waals surface area contributed by atoms with E-state index in [9.17, 15) is 0 Å². The maximum Gasteiger partial charge on any atom is 0.213 e. The summed E-state index contributed by atoms with van der Waals surface area (Å²) in [4.78, 5) is 7.33. The number of benzene rings is 1. The topological polar surface area (TPSA) is 42.8 Å². The third-order valence-electron chi connectivity index (χ3n) is 2.83. The van der Waals surface area contributed by atoms with Gasteiger partial charge in [-0.05, 0) is 36.5 Å². The number of rotatable bonds is 2. The van der Waals surface area contributed by atoms with Crippen LogP contribution in [0.5, 0.6) is 5.88 Å². The smallest absolute Gasteiger partial charge is 0.213 e. The summed E-state index contributed by atoms with van der Waals surface area (Å²) in [5.74, 6) is 0.563. The Morgan fingerprint density at radius 2 is 2.16 bits per heavy atom. The highest BCUT2D eigenvalue weighted by molar-refractivity contribution is 7.71. The van der Waals surface area contributed by atoms with Crippen molar-refractivity contribution >= 4 is 34.9 Å². The lowest BCUT2D eigenvalue weighted by Crippen LogP contribution is -1.96. The Balaban J connectivity index is 2.25. The summed E-state index contributed by atoms with van der Waals surface area (Å²) in [5.41, 5.74) is 2.72. The average Bonchev–Trinajstić information content (AvgIpc) is 2.74. The highest BCUT2D eigenvalue weighted by atomic mass is 35.5. The lowest BCUT2D eigenvalue weighted by Gasteiger charge is -2.05. The van der Waals surface area contributed by atoms with Gasteiger partial charge in [0.15, 0.2) is 4.77 Å². The van der Waals surface area contributed by atoms with Gasteiger partial charge in [-0.25, -0.2) is 4.98 Å². The molecular weight excluding hydrogens is 282 g/mol. The van der Waals surface area contributed by atoms with Crippen LogP contribution in [0.1, 0.15) is 0 Å². The van der Waals surface area contributed by atoms with Gasteiger partial charge in [0.25, 0.3) is 0 Å². The van der Waals surface area contributed by atoms with E-state index in [1.54, 1.807) is 19.4 Å². The maximum atomic E-state index is 6.04. The number of methoxy groups -OCH3 is 1. The number of aromatic nitrogens is 3. The minimum absolute atomic E-state index is 0.563. The van der Waals surface area contributed by atoms with Gasteiger partial charge in [-0.3, -0.25) is 4.57 Å². The largest absolute Gasteiger partial charge is 0.481 e. The van der Waals surface area contributed by atoms with Crippen LogP contribution >= 0.6 is 23.8 Å². The number of hydrogen-bond acceptors (Lipinski definition) is 3. The van der Waals surface area contributed by atoms with Crippen LogP contribution in [0.2, 0.25) is 5.02 Å². The third kappa shape index (κ3) is 2.11. The van der Waals surface area contributed by atoms with Crippen molar-refractivity contribution in [1.82, 2.24) is 14.5 Å². The number of hydrogen-bond donors (Lipinski definition) is 1. The molecule has 1 N–H and O–H groups in total. The molecule has 0 bridgehead atoms. The molecule has 0 atom stereocenters. The molecule has 0 saturated heterocycles. The summed E-state index contributed by atoms with van der Waals surface area (Å²) in [6.07, 6.45) is 1.71. The van der Waals surface area contributed by atoms with E-state index in [4.69, 9.17) is 28.6 Å². The fourth-order valence-corrected chi connectivity index (χ4v) is 2.44. The zero-order valence-corrected chi connectivity index (χ0v) is 11.6. The van der Waals surface area contributed by atoms with Crippen LogP contribution in [-0.2, 0) is 0 Å². The fourth-order valence-electron chi connectivity index (χ4n) is 1.96. The minimum atomic E-state index is 0.563. The molecule has 96 valence electrons. The van der Waals surface area contributed by atoms with Crippen molar-refractivity contribution < 1.29 is 4.74 Å². The molecule has 0 aliphatic carbocycles. The molecule has 0 fully saturated rings. The van der Waals surface area contributed by atoms with Crippen molar-refractivity contribution in [1.29, 1.82) is 0 Å². The van der Waals surface area contributed by atoms with Crippen LogP contribution in [0.25, 0.3) is 16.7 Å². The molecule has 0 saturated carbocycles. The second-order valence-electron chi connectivity index (χ2n) is 3.99. The van der Waals surface area contributed by atoms with Gasteiger partial charge >= 0.3 is 0 Å². The molecule has 19 heavy (non-hydrogen) atoms. The lowest BCUT2D eigenvalue weighted by atomic mass is 10.3. The second-order valence-corrected chi connectivity index (χ2v) is 4.81. The summed E-state index contributed by atoms with van der Waals surface area (Å²) < 4.78 is 7.54. The summed E-state index contributed by atoms with van der Waals surface area (Å²) in [5, 5.41) is 0.664. The number of imidazole rings is 1. The number of halogens is 1. The van der Waals surface area contributed by atoms with Crippen LogP contribution < -0.4 is 4.74 Å². The van der Waals surface area contributed by atoms with Gasteiger partial charge in [0.05, 0.1) is 30.0 Å². The van der Waals surface area contributed by atoms with Gasteiger partial charge in [-0.1, -0.05) is 11.6 Å². The highest BCUT2D eigenvalue weighted by Gasteiger charge is 2.07. The first kappa shape index (κ1) is 12.2. The number of pyridine rings is 1. The molecule has 6 heteroatoms. The van der Waals surface area contributed by atoms with Crippen molar-refractivity contribution in [2.24, 2.45) is 0 Å². The molecule has 0 unspecified atom stereocenters. The molecule has 0 aliphatic heterocycles. The van der Waals surface area contributed by atoms with E-state index < -0.39 is 0 Å². The molecule has 0 spiro atoms. The van der Waals surface area contributed by atoms with Gasteiger partial charge in [0.2, 0.25) is 5.88 Å². The summed E-state index contributed by atoms with van der Waals surface area (Å²) in [6.45, 7) is 0. The summed E-state index contributed by atoms with van der Waals surface area (Å²) in [7, 11) is 1.58. The lowest BCUT2D eigenvalue weighted by molar-refractivity contribution is 0.398. The predicted octanol–water partition coefficient (Wildman–Crippen LogP) is 3.75. The van der Waals surface area contributed by atoms with E-state index in [1.165, 1.54) is 0 Å². The van der Waals surface area contributed by atoms with E-state index in [2.05, 4.69) is 9.97 Å². The van der Waals surface area contributed by atoms with Crippen molar-refractivity contribution in [2.75, 3.05) is 7.11 Å². The standard InChI is InChI=1S/C13H10ClN3OS/c1-18-12-5-3-9(7-15-12)17-11-6-8(14)2-4-10(11)16-13(17)19/h2-7H,1H3,(H,16,19). The summed E-state index contributed by atoms with van der Waals surface area (Å²) in [6, 6.07) is 9.29. The molecule has 2 aromatic heterocycles. The molecule has 0 amide bonds. The average molecular weight is 292 g/mol. The Bertz CT molecular complexity index is 792. The molecule has 2 heterocycles. The zero-order chi connectivity index (χ0) is 13.4. The Kier molecular flexibility index (Phi) is 3.00. The van der Waals surface area contributed by atoms with Crippen molar-refractivity contribution in [2.45, 2.75) is 0 Å². The predicted molar refractivity (Wildman–Crippen MR) is 77.8 cm³/mol. The van der Waals surface area contributed by atoms with E-state index in [0.29, 0.717) is 15.7 Å². The SMILES string of the molecule is COc1ccc(-n2c(=S)[nH]c3ccc(Cl)cc32)cn1. The van der Waals surface area contributed by atoms with Crippen LogP contribution in [-0.4, -0.2) is 21.6 Å². The summed E-state index contributed by atoms with van der Waals surface area (Å²) >= 11 is 11.4. The molecule has 4 nitrogen and oxygen atoms in total. The Morgan fingerprint density at radius 1 is 1.32 bits per heavy atom. The number of nitrogens with one attached hydrogen (secondary N) is 1. The normalized spacial score (nSPS) is 10.8. The number of H-pyrrole nitrogens is 1. The number of ether oxygens (including phenoxy) is 1. The van der Waals surface area contributed by atoms with E-state index >= 15 is 0 Å². The maximum absolute atomic E-state index is 6.04. The van der Waals surface area contributed by atoms with Gasteiger partial charge in [0.1, 0.15) is 0 Å². The number of nitrogens with zero attached hydrogens (tertiary/aromatic N) is 2. The van der Waals surface area contributed by atoms with E-state index in [0.717, 1.165) is 16.7 Å². The second kappa shape index (κ2) is 4.68. The van der Waals surface area contributed by atoms with Crippen molar-refractivity contribution in [3.8, 4) is 11.6 Å². The molecule has 3 aromatic rings. The molecule has 0 radical (unpaired) electrons. The van der Waals surface area contributed by atoms with Crippen LogP contribution in [0, 0.1) is 4.77 Å². The van der Waals surface area contributed by atoms with E-state index in [-0.39, 0.29) is 0 Å². The minimum Gasteiger partial charge on any atom is -0.481 e. The van der Waals surface area contributed by atoms with Crippen molar-refractivity contribution in [3.05, 3.63) is 46.3 Å². The quantitative estimate of drug-likeness (QED) is 0.731. The van der Waals surface area contributed by atoms with Crippen LogP contribution in [0.15, 0.2) is 36.5 Å². The van der Waals surface area contributed by atoms with Crippen LogP contribution in [0.4, 0.5) is 0 Å². The Hall–Kier alpha value is -1.85. The Labute approximate surface area is 119 Å².